The highest BCUT2D eigenvalue weighted by Gasteiger charge is 2.16. The molecule has 0 aliphatic carbocycles. The molecule has 0 aliphatic heterocycles. The monoisotopic (exact) mass is 299 g/mol. The second-order valence-corrected chi connectivity index (χ2v) is 5.27. The molecule has 2 N–H and O–H groups in total. The number of amides is 1. The average Bonchev–Trinajstić information content (AvgIpc) is 2.38. The van der Waals surface area contributed by atoms with Gasteiger partial charge in [-0.15, -0.1) is 0 Å². The number of hydrogen-bond acceptors (Lipinski definition) is 4. The Morgan fingerprint density at radius 3 is 2.60 bits per heavy atom. The molecule has 110 valence electrons. The summed E-state index contributed by atoms with van der Waals surface area (Å²) in [5.41, 5.74) is 0.119. The first-order valence-electron chi connectivity index (χ1n) is 6.36. The standard InChI is InChI=1S/C13H18ClN3O3/c1-7(2)11-16-6-9(14)10(17-11)12(18)15-5-4-8(3)13(19)20/h6-8H,4-5H2,1-3H3,(H,15,18)(H,19,20). The van der Waals surface area contributed by atoms with Crippen LogP contribution >= 0.6 is 11.6 Å². The molecular formula is C13H18ClN3O3. The molecule has 7 heteroatoms. The zero-order valence-corrected chi connectivity index (χ0v) is 12.4. The Labute approximate surface area is 122 Å². The van der Waals surface area contributed by atoms with E-state index in [0.29, 0.717) is 12.2 Å². The number of nitrogens with one attached hydrogen (secondary N) is 1. The molecule has 1 amide bonds. The summed E-state index contributed by atoms with van der Waals surface area (Å²) in [6, 6.07) is 0. The highest BCUT2D eigenvalue weighted by Crippen LogP contribution is 2.16. The number of carboxylic acid groups (broad SMARTS) is 1. The van der Waals surface area contributed by atoms with Gasteiger partial charge in [0.15, 0.2) is 0 Å². The number of carboxylic acids is 1. The maximum absolute atomic E-state index is 12.0. The van der Waals surface area contributed by atoms with Gasteiger partial charge in [-0.25, -0.2) is 9.97 Å². The first-order valence-corrected chi connectivity index (χ1v) is 6.74. The van der Waals surface area contributed by atoms with E-state index in [4.69, 9.17) is 16.7 Å². The molecule has 1 heterocycles. The Hall–Kier alpha value is -1.69. The van der Waals surface area contributed by atoms with E-state index >= 15 is 0 Å². The Morgan fingerprint density at radius 1 is 1.40 bits per heavy atom. The van der Waals surface area contributed by atoms with Crippen LogP contribution in [-0.4, -0.2) is 33.5 Å². The van der Waals surface area contributed by atoms with Crippen molar-refractivity contribution in [2.24, 2.45) is 5.92 Å². The predicted molar refractivity (Wildman–Crippen MR) is 74.9 cm³/mol. The van der Waals surface area contributed by atoms with Crippen molar-refractivity contribution in [1.82, 2.24) is 15.3 Å². The number of hydrogen-bond donors (Lipinski definition) is 2. The van der Waals surface area contributed by atoms with E-state index < -0.39 is 17.8 Å². The first kappa shape index (κ1) is 16.4. The summed E-state index contributed by atoms with van der Waals surface area (Å²) in [5, 5.41) is 11.5. The lowest BCUT2D eigenvalue weighted by molar-refractivity contribution is -0.141. The Balaban J connectivity index is 2.68. The lowest BCUT2D eigenvalue weighted by Crippen LogP contribution is -2.28. The molecule has 0 radical (unpaired) electrons. The van der Waals surface area contributed by atoms with Crippen LogP contribution in [0.15, 0.2) is 6.20 Å². The molecule has 6 nitrogen and oxygen atoms in total. The maximum atomic E-state index is 12.0. The van der Waals surface area contributed by atoms with Gasteiger partial charge in [0.1, 0.15) is 11.5 Å². The SMILES string of the molecule is CC(CCNC(=O)c1nc(C(C)C)ncc1Cl)C(=O)O. The van der Waals surface area contributed by atoms with Crippen molar-refractivity contribution in [3.05, 3.63) is 22.7 Å². The third-order valence-corrected chi connectivity index (χ3v) is 3.06. The van der Waals surface area contributed by atoms with Gasteiger partial charge >= 0.3 is 5.97 Å². The molecule has 0 aromatic carbocycles. The second kappa shape index (κ2) is 7.19. The topological polar surface area (TPSA) is 92.2 Å². The molecule has 20 heavy (non-hydrogen) atoms. The zero-order valence-electron chi connectivity index (χ0n) is 11.7. The minimum absolute atomic E-state index is 0.0887. The second-order valence-electron chi connectivity index (χ2n) is 4.86. The lowest BCUT2D eigenvalue weighted by atomic mass is 10.1. The van der Waals surface area contributed by atoms with E-state index in [0.717, 1.165) is 0 Å². The summed E-state index contributed by atoms with van der Waals surface area (Å²) in [5.74, 6) is -1.19. The van der Waals surface area contributed by atoms with Crippen LogP contribution in [0.5, 0.6) is 0 Å². The summed E-state index contributed by atoms with van der Waals surface area (Å²) < 4.78 is 0. The fourth-order valence-corrected chi connectivity index (χ4v) is 1.60. The van der Waals surface area contributed by atoms with Crippen molar-refractivity contribution in [3.63, 3.8) is 0 Å². The summed E-state index contributed by atoms with van der Waals surface area (Å²) in [6.07, 6.45) is 1.75. The summed E-state index contributed by atoms with van der Waals surface area (Å²) in [6.45, 7) is 5.67. The normalized spacial score (nSPS) is 12.2. The van der Waals surface area contributed by atoms with E-state index in [2.05, 4.69) is 15.3 Å². The van der Waals surface area contributed by atoms with E-state index in [1.54, 1.807) is 6.92 Å². The molecule has 0 saturated carbocycles. The molecule has 1 atom stereocenters. The molecule has 1 aromatic rings. The number of rotatable bonds is 6. The Bertz CT molecular complexity index is 506. The van der Waals surface area contributed by atoms with Gasteiger partial charge in [-0.05, 0) is 6.42 Å². The molecule has 0 aliphatic rings. The molecule has 0 spiro atoms. The van der Waals surface area contributed by atoms with Gasteiger partial charge < -0.3 is 10.4 Å². The molecule has 1 rings (SSSR count). The van der Waals surface area contributed by atoms with E-state index in [9.17, 15) is 9.59 Å². The molecule has 0 saturated heterocycles. The summed E-state index contributed by atoms with van der Waals surface area (Å²) >= 11 is 5.91. The van der Waals surface area contributed by atoms with Crippen molar-refractivity contribution >= 4 is 23.5 Å². The van der Waals surface area contributed by atoms with Gasteiger partial charge in [0, 0.05) is 12.5 Å². The van der Waals surface area contributed by atoms with E-state index in [1.807, 2.05) is 13.8 Å². The van der Waals surface area contributed by atoms with Crippen LogP contribution in [0.2, 0.25) is 5.02 Å². The van der Waals surface area contributed by atoms with Crippen LogP contribution in [0, 0.1) is 5.92 Å². The number of aliphatic carboxylic acids is 1. The number of carbonyl (C=O) groups excluding carboxylic acids is 1. The molecule has 1 unspecified atom stereocenters. The number of aromatic nitrogens is 2. The fraction of sp³-hybridized carbons (Fsp3) is 0.538. The number of carbonyl (C=O) groups is 2. The quantitative estimate of drug-likeness (QED) is 0.839. The van der Waals surface area contributed by atoms with Crippen LogP contribution < -0.4 is 5.32 Å². The summed E-state index contributed by atoms with van der Waals surface area (Å²) in [7, 11) is 0. The minimum Gasteiger partial charge on any atom is -0.481 e. The van der Waals surface area contributed by atoms with E-state index in [1.165, 1.54) is 6.20 Å². The minimum atomic E-state index is -0.888. The van der Waals surface area contributed by atoms with Gasteiger partial charge in [-0.2, -0.15) is 0 Å². The highest BCUT2D eigenvalue weighted by molar-refractivity contribution is 6.33. The van der Waals surface area contributed by atoms with Gasteiger partial charge in [0.05, 0.1) is 17.1 Å². The third-order valence-electron chi connectivity index (χ3n) is 2.78. The largest absolute Gasteiger partial charge is 0.481 e. The average molecular weight is 300 g/mol. The third kappa shape index (κ3) is 4.45. The van der Waals surface area contributed by atoms with E-state index in [-0.39, 0.29) is 23.2 Å². The van der Waals surface area contributed by atoms with Crippen LogP contribution in [0.25, 0.3) is 0 Å². The van der Waals surface area contributed by atoms with Gasteiger partial charge in [-0.1, -0.05) is 32.4 Å². The Morgan fingerprint density at radius 2 is 2.05 bits per heavy atom. The number of nitrogens with zero attached hydrogens (tertiary/aromatic N) is 2. The van der Waals surface area contributed by atoms with Crippen LogP contribution in [0.1, 0.15) is 49.4 Å². The maximum Gasteiger partial charge on any atom is 0.306 e. The lowest BCUT2D eigenvalue weighted by Gasteiger charge is -2.10. The van der Waals surface area contributed by atoms with Gasteiger partial charge in [0.25, 0.3) is 5.91 Å². The molecular weight excluding hydrogens is 282 g/mol. The summed E-state index contributed by atoms with van der Waals surface area (Å²) in [4.78, 5) is 30.8. The van der Waals surface area contributed by atoms with Crippen molar-refractivity contribution in [2.45, 2.75) is 33.1 Å². The van der Waals surface area contributed by atoms with Crippen LogP contribution in [0.3, 0.4) is 0 Å². The first-order chi connectivity index (χ1) is 9.32. The van der Waals surface area contributed by atoms with Crippen molar-refractivity contribution in [1.29, 1.82) is 0 Å². The molecule has 0 bridgehead atoms. The molecule has 1 aromatic heterocycles. The van der Waals surface area contributed by atoms with Crippen molar-refractivity contribution in [2.75, 3.05) is 6.54 Å². The zero-order chi connectivity index (χ0) is 15.3. The fourth-order valence-electron chi connectivity index (χ4n) is 1.43. The van der Waals surface area contributed by atoms with Gasteiger partial charge in [-0.3, -0.25) is 9.59 Å². The van der Waals surface area contributed by atoms with Crippen molar-refractivity contribution < 1.29 is 14.7 Å². The van der Waals surface area contributed by atoms with Crippen molar-refractivity contribution in [3.8, 4) is 0 Å². The van der Waals surface area contributed by atoms with Gasteiger partial charge in [0.2, 0.25) is 0 Å². The van der Waals surface area contributed by atoms with Crippen LogP contribution in [0.4, 0.5) is 0 Å². The molecule has 0 fully saturated rings. The van der Waals surface area contributed by atoms with Crippen LogP contribution in [-0.2, 0) is 4.79 Å². The smallest absolute Gasteiger partial charge is 0.306 e. The number of halogens is 1. The highest BCUT2D eigenvalue weighted by atomic mass is 35.5. The Kier molecular flexibility index (Phi) is 5.88. The predicted octanol–water partition coefficient (Wildman–Crippen LogP) is 2.09.